The Hall–Kier alpha value is -3.47. The molecule has 5 heteroatoms. The highest BCUT2D eigenvalue weighted by atomic mass is 15.4. The number of hydrogen-bond acceptors (Lipinski definition) is 3. The molecule has 2 aromatic carbocycles. The zero-order valence-electron chi connectivity index (χ0n) is 14.9. The van der Waals surface area contributed by atoms with Crippen LogP contribution in [0.15, 0.2) is 85.5 Å². The lowest BCUT2D eigenvalue weighted by Gasteiger charge is -2.07. The lowest BCUT2D eigenvalue weighted by atomic mass is 10.1. The third-order valence-corrected chi connectivity index (χ3v) is 4.83. The predicted octanol–water partition coefficient (Wildman–Crippen LogP) is 4.11. The van der Waals surface area contributed by atoms with Gasteiger partial charge in [0.05, 0.1) is 5.69 Å². The molecule has 0 spiro atoms. The monoisotopic (exact) mass is 354 g/mol. The van der Waals surface area contributed by atoms with Crippen LogP contribution in [-0.4, -0.2) is 14.8 Å². The lowest BCUT2D eigenvalue weighted by Crippen LogP contribution is -2.41. The molecule has 1 aliphatic carbocycles. The van der Waals surface area contributed by atoms with Gasteiger partial charge in [0.1, 0.15) is 6.33 Å². The van der Waals surface area contributed by atoms with Gasteiger partial charge in [-0.3, -0.25) is 0 Å². The highest BCUT2D eigenvalue weighted by Gasteiger charge is 2.26. The van der Waals surface area contributed by atoms with E-state index in [2.05, 4.69) is 74.8 Å². The van der Waals surface area contributed by atoms with Crippen LogP contribution in [0.5, 0.6) is 0 Å². The number of nitrogens with one attached hydrogen (secondary N) is 1. The summed E-state index contributed by atoms with van der Waals surface area (Å²) < 4.78 is 4.14. The summed E-state index contributed by atoms with van der Waals surface area (Å²) in [4.78, 5) is 0. The molecule has 0 radical (unpaired) electrons. The van der Waals surface area contributed by atoms with Gasteiger partial charge in [0, 0.05) is 23.7 Å². The number of pyridine rings is 1. The zero-order valence-corrected chi connectivity index (χ0v) is 14.9. The van der Waals surface area contributed by atoms with E-state index >= 15 is 0 Å². The van der Waals surface area contributed by atoms with Crippen LogP contribution in [0.1, 0.15) is 18.9 Å². The molecule has 1 N–H and O–H groups in total. The first kappa shape index (κ1) is 15.8. The summed E-state index contributed by atoms with van der Waals surface area (Å²) in [5, 5.41) is 8.42. The Morgan fingerprint density at radius 2 is 1.59 bits per heavy atom. The summed E-state index contributed by atoms with van der Waals surface area (Å²) in [7, 11) is 0. The summed E-state index contributed by atoms with van der Waals surface area (Å²) in [6, 6.07) is 23.4. The van der Waals surface area contributed by atoms with Crippen molar-refractivity contribution in [1.82, 2.24) is 14.8 Å². The van der Waals surface area contributed by atoms with Crippen molar-refractivity contribution in [3.8, 4) is 22.5 Å². The fraction of sp³-hybridized carbons (Fsp3) is 0.136. The van der Waals surface area contributed by atoms with Crippen molar-refractivity contribution in [3.63, 3.8) is 0 Å². The minimum absolute atomic E-state index is 0.562. The normalized spacial score (nSPS) is 13.5. The minimum Gasteiger partial charge on any atom is -0.310 e. The van der Waals surface area contributed by atoms with E-state index in [1.807, 2.05) is 35.5 Å². The van der Waals surface area contributed by atoms with E-state index < -0.39 is 0 Å². The average molecular weight is 354 g/mol. The van der Waals surface area contributed by atoms with Gasteiger partial charge in [-0.25, -0.2) is 0 Å². The summed E-state index contributed by atoms with van der Waals surface area (Å²) in [6.45, 7) is 0. The topological polar surface area (TPSA) is 46.6 Å². The zero-order chi connectivity index (χ0) is 18.1. The van der Waals surface area contributed by atoms with Gasteiger partial charge in [-0.05, 0) is 36.1 Å². The SMILES string of the molecule is c1ccc(-c2cc[n+](Nc3cccc(-c4nncn4C4CC4)c3)cc2)cc1. The summed E-state index contributed by atoms with van der Waals surface area (Å²) in [5.41, 5.74) is 7.90. The van der Waals surface area contributed by atoms with Crippen molar-refractivity contribution in [1.29, 1.82) is 0 Å². The Morgan fingerprint density at radius 1 is 0.852 bits per heavy atom. The van der Waals surface area contributed by atoms with Crippen LogP contribution in [0.4, 0.5) is 5.69 Å². The smallest absolute Gasteiger partial charge is 0.200 e. The van der Waals surface area contributed by atoms with Gasteiger partial charge in [-0.1, -0.05) is 47.1 Å². The van der Waals surface area contributed by atoms with E-state index in [4.69, 9.17) is 0 Å². The molecule has 0 aliphatic heterocycles. The van der Waals surface area contributed by atoms with Gasteiger partial charge < -0.3 is 4.57 Å². The van der Waals surface area contributed by atoms with Gasteiger partial charge in [-0.15, -0.1) is 10.2 Å². The molecule has 0 unspecified atom stereocenters. The van der Waals surface area contributed by atoms with Crippen LogP contribution in [-0.2, 0) is 0 Å². The average Bonchev–Trinajstić information content (AvgIpc) is 3.46. The van der Waals surface area contributed by atoms with Gasteiger partial charge in [0.2, 0.25) is 0 Å². The van der Waals surface area contributed by atoms with Crippen molar-refractivity contribution >= 4 is 5.69 Å². The van der Waals surface area contributed by atoms with E-state index in [1.54, 1.807) is 0 Å². The van der Waals surface area contributed by atoms with Crippen LogP contribution in [0.25, 0.3) is 22.5 Å². The fourth-order valence-corrected chi connectivity index (χ4v) is 3.27. The Morgan fingerprint density at radius 3 is 2.37 bits per heavy atom. The van der Waals surface area contributed by atoms with Crippen LogP contribution in [0.2, 0.25) is 0 Å². The molecule has 0 saturated heterocycles. The predicted molar refractivity (Wildman–Crippen MR) is 105 cm³/mol. The van der Waals surface area contributed by atoms with Crippen molar-refractivity contribution in [2.24, 2.45) is 0 Å². The molecule has 2 heterocycles. The highest BCUT2D eigenvalue weighted by Crippen LogP contribution is 2.37. The molecule has 0 amide bonds. The molecule has 2 aromatic heterocycles. The first-order valence-corrected chi connectivity index (χ1v) is 9.20. The van der Waals surface area contributed by atoms with Gasteiger partial charge in [0.25, 0.3) is 0 Å². The number of benzene rings is 2. The molecule has 27 heavy (non-hydrogen) atoms. The maximum atomic E-state index is 4.32. The number of rotatable bonds is 5. The number of anilines is 1. The molecule has 1 aliphatic rings. The van der Waals surface area contributed by atoms with Crippen LogP contribution in [0, 0.1) is 0 Å². The summed E-state index contributed by atoms with van der Waals surface area (Å²) >= 11 is 0. The van der Waals surface area contributed by atoms with Crippen LogP contribution >= 0.6 is 0 Å². The number of aromatic nitrogens is 4. The third kappa shape index (κ3) is 3.31. The van der Waals surface area contributed by atoms with E-state index in [0.29, 0.717) is 6.04 Å². The first-order chi connectivity index (χ1) is 13.4. The van der Waals surface area contributed by atoms with E-state index in [9.17, 15) is 0 Å². The minimum atomic E-state index is 0.562. The molecule has 1 fully saturated rings. The molecular formula is C22H20N5+. The van der Waals surface area contributed by atoms with Gasteiger partial charge >= 0.3 is 0 Å². The second-order valence-corrected chi connectivity index (χ2v) is 6.85. The molecule has 0 atom stereocenters. The Kier molecular flexibility index (Phi) is 3.90. The lowest BCUT2D eigenvalue weighted by molar-refractivity contribution is -0.642. The van der Waals surface area contributed by atoms with E-state index in [1.165, 1.54) is 24.0 Å². The Bertz CT molecular complexity index is 1050. The van der Waals surface area contributed by atoms with Crippen molar-refractivity contribution in [3.05, 3.63) is 85.5 Å². The molecule has 5 nitrogen and oxygen atoms in total. The number of hydrogen-bond donors (Lipinski definition) is 1. The highest BCUT2D eigenvalue weighted by molar-refractivity contribution is 5.63. The van der Waals surface area contributed by atoms with E-state index in [-0.39, 0.29) is 0 Å². The third-order valence-electron chi connectivity index (χ3n) is 4.83. The number of nitrogens with zero attached hydrogens (tertiary/aromatic N) is 4. The summed E-state index contributed by atoms with van der Waals surface area (Å²) in [6.07, 6.45) is 8.33. The Labute approximate surface area is 157 Å². The second kappa shape index (κ2) is 6.68. The standard InChI is InChI=1S/C22H20N5/c1-2-5-17(6-3-1)18-11-13-26(14-12-18)25-20-8-4-7-19(15-20)22-24-23-16-27(22)21-9-10-21/h1-8,11-16,21,25H,9-10H2/q+1. The molecular weight excluding hydrogens is 334 g/mol. The molecule has 4 aromatic rings. The van der Waals surface area contributed by atoms with Crippen molar-refractivity contribution < 1.29 is 4.68 Å². The van der Waals surface area contributed by atoms with Crippen molar-refractivity contribution in [2.75, 3.05) is 5.43 Å². The van der Waals surface area contributed by atoms with E-state index in [0.717, 1.165) is 17.1 Å². The van der Waals surface area contributed by atoms with Gasteiger partial charge in [0.15, 0.2) is 18.2 Å². The second-order valence-electron chi connectivity index (χ2n) is 6.85. The maximum absolute atomic E-state index is 4.32. The largest absolute Gasteiger partial charge is 0.310 e. The van der Waals surface area contributed by atoms with Crippen LogP contribution in [0.3, 0.4) is 0 Å². The fourth-order valence-electron chi connectivity index (χ4n) is 3.27. The van der Waals surface area contributed by atoms with Crippen molar-refractivity contribution in [2.45, 2.75) is 18.9 Å². The first-order valence-electron chi connectivity index (χ1n) is 9.20. The quantitative estimate of drug-likeness (QED) is 0.549. The van der Waals surface area contributed by atoms with Crippen LogP contribution < -0.4 is 10.1 Å². The van der Waals surface area contributed by atoms with Gasteiger partial charge in [-0.2, -0.15) is 5.43 Å². The maximum Gasteiger partial charge on any atom is 0.200 e. The Balaban J connectivity index is 1.37. The molecule has 1 saturated carbocycles. The molecule has 0 bridgehead atoms. The molecule has 132 valence electrons. The summed E-state index contributed by atoms with van der Waals surface area (Å²) in [5.74, 6) is 0.936. The molecule has 5 rings (SSSR count).